The summed E-state index contributed by atoms with van der Waals surface area (Å²) in [6, 6.07) is 0. The van der Waals surface area contributed by atoms with Crippen molar-refractivity contribution in [3.8, 4) is 0 Å². The van der Waals surface area contributed by atoms with Gasteiger partial charge in [-0.25, -0.2) is 0 Å². The van der Waals surface area contributed by atoms with Crippen molar-refractivity contribution >= 4 is 0 Å². The minimum atomic E-state index is 0.866. The van der Waals surface area contributed by atoms with E-state index in [9.17, 15) is 0 Å². The molecule has 0 aromatic heterocycles. The van der Waals surface area contributed by atoms with Crippen LogP contribution in [-0.2, 0) is 0 Å². The maximum Gasteiger partial charge on any atom is 0.0138 e. The van der Waals surface area contributed by atoms with Gasteiger partial charge in [0.2, 0.25) is 0 Å². The van der Waals surface area contributed by atoms with E-state index < -0.39 is 0 Å². The average molecular weight is 166 g/mol. The zero-order valence-electron chi connectivity index (χ0n) is 7.55. The summed E-state index contributed by atoms with van der Waals surface area (Å²) in [6.07, 6.45) is 7.90. The third-order valence-electron chi connectivity index (χ3n) is 1.27. The lowest BCUT2D eigenvalue weighted by Gasteiger charge is -1.95. The predicted octanol–water partition coefficient (Wildman–Crippen LogP) is 1.09. The summed E-state index contributed by atoms with van der Waals surface area (Å²) >= 11 is 0. The lowest BCUT2D eigenvalue weighted by Crippen LogP contribution is -2.15. The highest BCUT2D eigenvalue weighted by Crippen LogP contribution is 1.70. The van der Waals surface area contributed by atoms with Gasteiger partial charge >= 0.3 is 0 Å². The Morgan fingerprint density at radius 3 is 1.50 bits per heavy atom. The first-order valence-corrected chi connectivity index (χ1v) is 4.20. The molecular formula is C10H18N2. The van der Waals surface area contributed by atoms with Crippen molar-refractivity contribution < 1.29 is 0 Å². The molecule has 12 heavy (non-hydrogen) atoms. The van der Waals surface area contributed by atoms with Crippen LogP contribution < -0.4 is 10.6 Å². The highest BCUT2D eigenvalue weighted by molar-refractivity contribution is 4.87. The smallest absolute Gasteiger partial charge is 0.0138 e. The standard InChI is InChI=1S/C10H18N2/c1-3-7-11-9-5-6-10-12-8-4-2/h3-6,11-12H,1-2,7-10H2/b6-5+. The lowest BCUT2D eigenvalue weighted by molar-refractivity contribution is 0.822. The Balaban J connectivity index is 3.02. The molecule has 0 radical (unpaired) electrons. The van der Waals surface area contributed by atoms with Crippen LogP contribution in [0, 0.1) is 0 Å². The molecule has 0 fully saturated rings. The van der Waals surface area contributed by atoms with Crippen molar-refractivity contribution in [3.63, 3.8) is 0 Å². The number of hydrogen-bond acceptors (Lipinski definition) is 2. The van der Waals surface area contributed by atoms with E-state index in [-0.39, 0.29) is 0 Å². The summed E-state index contributed by atoms with van der Waals surface area (Å²) < 4.78 is 0. The maximum atomic E-state index is 3.61. The van der Waals surface area contributed by atoms with Gasteiger partial charge in [0.25, 0.3) is 0 Å². The summed E-state index contributed by atoms with van der Waals surface area (Å²) in [6.45, 7) is 10.8. The first-order valence-electron chi connectivity index (χ1n) is 4.20. The van der Waals surface area contributed by atoms with E-state index in [1.54, 1.807) is 0 Å². The molecule has 0 amide bonds. The molecule has 2 heteroatoms. The van der Waals surface area contributed by atoms with Crippen molar-refractivity contribution in [1.82, 2.24) is 10.6 Å². The Labute approximate surface area is 75.1 Å². The van der Waals surface area contributed by atoms with E-state index in [0.29, 0.717) is 0 Å². The molecule has 0 aromatic carbocycles. The molecule has 0 aliphatic rings. The molecule has 0 aliphatic heterocycles. The third kappa shape index (κ3) is 9.14. The van der Waals surface area contributed by atoms with Crippen LogP contribution >= 0.6 is 0 Å². The first kappa shape index (κ1) is 11.1. The van der Waals surface area contributed by atoms with Crippen LogP contribution in [0.25, 0.3) is 0 Å². The monoisotopic (exact) mass is 166 g/mol. The van der Waals surface area contributed by atoms with Crippen molar-refractivity contribution in [2.45, 2.75) is 0 Å². The molecule has 0 unspecified atom stereocenters. The Hall–Kier alpha value is -0.860. The van der Waals surface area contributed by atoms with Gasteiger partial charge in [0.15, 0.2) is 0 Å². The molecule has 0 bridgehead atoms. The van der Waals surface area contributed by atoms with Crippen LogP contribution in [0.1, 0.15) is 0 Å². The molecule has 0 spiro atoms. The Kier molecular flexibility index (Phi) is 9.41. The quantitative estimate of drug-likeness (QED) is 0.417. The Bertz CT molecular complexity index is 123. The fourth-order valence-electron chi connectivity index (χ4n) is 0.704. The first-order chi connectivity index (χ1) is 5.91. The van der Waals surface area contributed by atoms with Crippen LogP contribution in [0.15, 0.2) is 37.5 Å². The topological polar surface area (TPSA) is 24.1 Å². The maximum absolute atomic E-state index is 3.61. The van der Waals surface area contributed by atoms with Crippen LogP contribution in [0.4, 0.5) is 0 Å². The van der Waals surface area contributed by atoms with Gasteiger partial charge in [-0.15, -0.1) is 13.2 Å². The molecule has 0 rings (SSSR count). The van der Waals surface area contributed by atoms with Gasteiger partial charge < -0.3 is 10.6 Å². The van der Waals surface area contributed by atoms with Gasteiger partial charge in [0.05, 0.1) is 0 Å². The fourth-order valence-corrected chi connectivity index (χ4v) is 0.704. The highest BCUT2D eigenvalue weighted by Gasteiger charge is 1.77. The van der Waals surface area contributed by atoms with Crippen LogP contribution in [0.5, 0.6) is 0 Å². The summed E-state index contributed by atoms with van der Waals surface area (Å²) in [5.41, 5.74) is 0. The van der Waals surface area contributed by atoms with Gasteiger partial charge in [-0.1, -0.05) is 24.3 Å². The zero-order valence-corrected chi connectivity index (χ0v) is 7.55. The van der Waals surface area contributed by atoms with Crippen LogP contribution in [-0.4, -0.2) is 26.2 Å². The van der Waals surface area contributed by atoms with Crippen molar-refractivity contribution in [1.29, 1.82) is 0 Å². The number of rotatable bonds is 8. The van der Waals surface area contributed by atoms with Crippen molar-refractivity contribution in [2.24, 2.45) is 0 Å². The minimum Gasteiger partial charge on any atom is -0.310 e. The summed E-state index contributed by atoms with van der Waals surface area (Å²) in [4.78, 5) is 0. The van der Waals surface area contributed by atoms with Gasteiger partial charge in [-0.3, -0.25) is 0 Å². The Morgan fingerprint density at radius 2 is 1.17 bits per heavy atom. The fraction of sp³-hybridized carbons (Fsp3) is 0.400. The molecule has 0 saturated carbocycles. The van der Waals surface area contributed by atoms with Gasteiger partial charge in [-0.05, 0) is 0 Å². The number of nitrogens with one attached hydrogen (secondary N) is 2. The predicted molar refractivity (Wildman–Crippen MR) is 55.3 cm³/mol. The van der Waals surface area contributed by atoms with Gasteiger partial charge in [0, 0.05) is 26.2 Å². The third-order valence-corrected chi connectivity index (χ3v) is 1.27. The SMILES string of the molecule is C=CCNC/C=C/CNCC=C. The summed E-state index contributed by atoms with van der Waals surface area (Å²) in [5.74, 6) is 0. The second-order valence-corrected chi connectivity index (χ2v) is 2.37. The molecule has 68 valence electrons. The molecule has 0 aromatic rings. The largest absolute Gasteiger partial charge is 0.310 e. The summed E-state index contributed by atoms with van der Waals surface area (Å²) in [7, 11) is 0. The molecule has 0 aliphatic carbocycles. The molecule has 0 saturated heterocycles. The van der Waals surface area contributed by atoms with Gasteiger partial charge in [0.1, 0.15) is 0 Å². The molecule has 0 heterocycles. The molecule has 2 N–H and O–H groups in total. The van der Waals surface area contributed by atoms with E-state index in [1.807, 2.05) is 12.2 Å². The molecular weight excluding hydrogens is 148 g/mol. The van der Waals surface area contributed by atoms with Gasteiger partial charge in [-0.2, -0.15) is 0 Å². The van der Waals surface area contributed by atoms with E-state index in [4.69, 9.17) is 0 Å². The number of hydrogen-bond donors (Lipinski definition) is 2. The second kappa shape index (κ2) is 10.1. The average Bonchev–Trinajstić information content (AvgIpc) is 2.10. The minimum absolute atomic E-state index is 0.866. The van der Waals surface area contributed by atoms with Crippen molar-refractivity contribution in [3.05, 3.63) is 37.5 Å². The Morgan fingerprint density at radius 1 is 0.750 bits per heavy atom. The molecule has 2 nitrogen and oxygen atoms in total. The van der Waals surface area contributed by atoms with E-state index in [2.05, 4.69) is 35.9 Å². The van der Waals surface area contributed by atoms with Crippen molar-refractivity contribution in [2.75, 3.05) is 26.2 Å². The lowest BCUT2D eigenvalue weighted by atomic mass is 10.4. The van der Waals surface area contributed by atoms with Crippen LogP contribution in [0.3, 0.4) is 0 Å². The highest BCUT2D eigenvalue weighted by atomic mass is 14.8. The van der Waals surface area contributed by atoms with Crippen LogP contribution in [0.2, 0.25) is 0 Å². The van der Waals surface area contributed by atoms with E-state index in [1.165, 1.54) is 0 Å². The second-order valence-electron chi connectivity index (χ2n) is 2.37. The van der Waals surface area contributed by atoms with E-state index in [0.717, 1.165) is 26.2 Å². The van der Waals surface area contributed by atoms with E-state index >= 15 is 0 Å². The summed E-state index contributed by atoms with van der Waals surface area (Å²) in [5, 5.41) is 6.35. The normalized spacial score (nSPS) is 10.3. The zero-order chi connectivity index (χ0) is 9.07. The molecule has 0 atom stereocenters.